The highest BCUT2D eigenvalue weighted by Crippen LogP contribution is 2.33. The fraction of sp³-hybridized carbons (Fsp3) is 0.727. The average Bonchev–Trinajstić information content (AvgIpc) is 2.57. The molecule has 0 atom stereocenters. The van der Waals surface area contributed by atoms with Crippen LogP contribution in [0.15, 0.2) is 11.3 Å². The Labute approximate surface area is 82.2 Å². The molecule has 0 saturated carbocycles. The SMILES string of the molecule is CC[Si](CC)(CC)C1=CCCC1=O. The van der Waals surface area contributed by atoms with Gasteiger partial charge >= 0.3 is 0 Å². The van der Waals surface area contributed by atoms with Crippen LogP contribution in [0, 0.1) is 0 Å². The fourth-order valence-corrected chi connectivity index (χ4v) is 6.37. The molecular weight excluding hydrogens is 176 g/mol. The molecule has 0 N–H and O–H groups in total. The Hall–Kier alpha value is -0.373. The molecule has 0 saturated heterocycles. The maximum absolute atomic E-state index is 11.7. The van der Waals surface area contributed by atoms with E-state index in [1.807, 2.05) is 0 Å². The highest BCUT2D eigenvalue weighted by atomic mass is 28.3. The van der Waals surface area contributed by atoms with Crippen LogP contribution in [-0.4, -0.2) is 13.9 Å². The highest BCUT2D eigenvalue weighted by molar-refractivity contribution is 6.90. The molecule has 74 valence electrons. The van der Waals surface area contributed by atoms with Gasteiger partial charge in [-0.05, 0) is 11.6 Å². The summed E-state index contributed by atoms with van der Waals surface area (Å²) in [6.07, 6.45) is 4.01. The first-order valence-electron chi connectivity index (χ1n) is 5.44. The molecule has 0 unspecified atom stereocenters. The van der Waals surface area contributed by atoms with Gasteiger partial charge in [0.1, 0.15) is 0 Å². The lowest BCUT2D eigenvalue weighted by molar-refractivity contribution is -0.114. The quantitative estimate of drug-likeness (QED) is 0.630. The summed E-state index contributed by atoms with van der Waals surface area (Å²) in [4.78, 5) is 11.7. The van der Waals surface area contributed by atoms with Crippen LogP contribution in [0.3, 0.4) is 0 Å². The van der Waals surface area contributed by atoms with E-state index in [-0.39, 0.29) is 0 Å². The van der Waals surface area contributed by atoms with E-state index in [1.165, 1.54) is 23.3 Å². The van der Waals surface area contributed by atoms with Gasteiger partial charge in [-0.2, -0.15) is 0 Å². The maximum atomic E-state index is 11.7. The third-order valence-corrected chi connectivity index (χ3v) is 9.31. The summed E-state index contributed by atoms with van der Waals surface area (Å²) in [5.41, 5.74) is 0. The van der Waals surface area contributed by atoms with Crippen LogP contribution in [0.1, 0.15) is 33.6 Å². The smallest absolute Gasteiger partial charge is 0.154 e. The summed E-state index contributed by atoms with van der Waals surface area (Å²) in [5.74, 6) is 0.456. The Balaban J connectivity index is 2.92. The van der Waals surface area contributed by atoms with Crippen molar-refractivity contribution in [3.63, 3.8) is 0 Å². The second-order valence-corrected chi connectivity index (χ2v) is 9.14. The van der Waals surface area contributed by atoms with Gasteiger partial charge in [-0.25, -0.2) is 0 Å². The molecule has 0 bridgehead atoms. The van der Waals surface area contributed by atoms with Crippen molar-refractivity contribution < 1.29 is 4.79 Å². The molecule has 13 heavy (non-hydrogen) atoms. The second kappa shape index (κ2) is 4.23. The summed E-state index contributed by atoms with van der Waals surface area (Å²) < 4.78 is 0. The predicted molar refractivity (Wildman–Crippen MR) is 59.5 cm³/mol. The van der Waals surface area contributed by atoms with Gasteiger partial charge in [0.25, 0.3) is 0 Å². The molecule has 0 aromatic carbocycles. The van der Waals surface area contributed by atoms with Gasteiger partial charge in [-0.15, -0.1) is 0 Å². The van der Waals surface area contributed by atoms with Gasteiger partial charge < -0.3 is 0 Å². The van der Waals surface area contributed by atoms with Gasteiger partial charge in [0.15, 0.2) is 5.78 Å². The Kier molecular flexibility index (Phi) is 3.48. The van der Waals surface area contributed by atoms with Crippen molar-refractivity contribution in [3.05, 3.63) is 11.3 Å². The van der Waals surface area contributed by atoms with E-state index in [9.17, 15) is 4.79 Å². The van der Waals surface area contributed by atoms with Crippen LogP contribution in [0.5, 0.6) is 0 Å². The first-order valence-corrected chi connectivity index (χ1v) is 8.06. The van der Waals surface area contributed by atoms with Gasteiger partial charge in [-0.1, -0.05) is 45.0 Å². The van der Waals surface area contributed by atoms with E-state index < -0.39 is 8.07 Å². The number of allylic oxidation sites excluding steroid dienone is 2. The molecule has 1 aliphatic carbocycles. The predicted octanol–water partition coefficient (Wildman–Crippen LogP) is 3.32. The van der Waals surface area contributed by atoms with Crippen LogP contribution in [-0.2, 0) is 4.79 Å². The normalized spacial score (nSPS) is 17.8. The van der Waals surface area contributed by atoms with Crippen molar-refractivity contribution >= 4 is 13.9 Å². The third kappa shape index (κ3) is 1.78. The fourth-order valence-electron chi connectivity index (χ4n) is 2.43. The highest BCUT2D eigenvalue weighted by Gasteiger charge is 2.36. The van der Waals surface area contributed by atoms with E-state index in [1.54, 1.807) is 0 Å². The Morgan fingerprint density at radius 1 is 1.23 bits per heavy atom. The summed E-state index contributed by atoms with van der Waals surface area (Å²) in [6.45, 7) is 6.77. The molecule has 0 heterocycles. The van der Waals surface area contributed by atoms with Crippen molar-refractivity contribution in [2.45, 2.75) is 51.7 Å². The minimum absolute atomic E-state index is 0.456. The third-order valence-electron chi connectivity index (χ3n) is 3.62. The van der Waals surface area contributed by atoms with Crippen LogP contribution < -0.4 is 0 Å². The van der Waals surface area contributed by atoms with E-state index in [0.717, 1.165) is 12.8 Å². The Morgan fingerprint density at radius 2 is 1.77 bits per heavy atom. The molecular formula is C11H20OSi. The van der Waals surface area contributed by atoms with E-state index in [4.69, 9.17) is 0 Å². The Bertz CT molecular complexity index is 218. The number of carbonyl (C=O) groups excluding carboxylic acids is 1. The molecule has 0 aliphatic heterocycles. The van der Waals surface area contributed by atoms with Gasteiger partial charge in [0, 0.05) is 6.42 Å². The summed E-state index contributed by atoms with van der Waals surface area (Å²) >= 11 is 0. The standard InChI is InChI=1S/C11H20OSi/c1-4-13(5-2,6-3)11-9-7-8-10(11)12/h9H,4-8H2,1-3H3. The van der Waals surface area contributed by atoms with Gasteiger partial charge in [-0.3, -0.25) is 4.79 Å². The summed E-state index contributed by atoms with van der Waals surface area (Å²) in [5, 5.41) is 1.26. The average molecular weight is 196 g/mol. The lowest BCUT2D eigenvalue weighted by atomic mass is 10.3. The Morgan fingerprint density at radius 3 is 2.08 bits per heavy atom. The van der Waals surface area contributed by atoms with Crippen LogP contribution in [0.4, 0.5) is 0 Å². The zero-order valence-corrected chi connectivity index (χ0v) is 10.0. The first kappa shape index (κ1) is 10.7. The van der Waals surface area contributed by atoms with E-state index >= 15 is 0 Å². The van der Waals surface area contributed by atoms with Crippen molar-refractivity contribution in [1.29, 1.82) is 0 Å². The number of hydrogen-bond donors (Lipinski definition) is 0. The molecule has 1 nitrogen and oxygen atoms in total. The summed E-state index contributed by atoms with van der Waals surface area (Å²) in [6, 6.07) is 3.70. The molecule has 0 spiro atoms. The number of hydrogen-bond acceptors (Lipinski definition) is 1. The van der Waals surface area contributed by atoms with Crippen molar-refractivity contribution in [2.24, 2.45) is 0 Å². The van der Waals surface area contributed by atoms with Crippen molar-refractivity contribution in [3.8, 4) is 0 Å². The van der Waals surface area contributed by atoms with Crippen LogP contribution in [0.25, 0.3) is 0 Å². The number of rotatable bonds is 4. The molecule has 0 fully saturated rings. The summed E-state index contributed by atoms with van der Waals surface area (Å²) in [7, 11) is -1.34. The molecule has 0 aromatic heterocycles. The van der Waals surface area contributed by atoms with Crippen molar-refractivity contribution in [2.75, 3.05) is 0 Å². The number of ketones is 1. The van der Waals surface area contributed by atoms with Gasteiger partial charge in [0.2, 0.25) is 0 Å². The largest absolute Gasteiger partial charge is 0.295 e. The second-order valence-electron chi connectivity index (χ2n) is 3.92. The lowest BCUT2D eigenvalue weighted by Gasteiger charge is -2.28. The number of Topliss-reactive ketones (excluding diaryl/α,β-unsaturated/α-hetero) is 1. The van der Waals surface area contributed by atoms with Crippen molar-refractivity contribution in [1.82, 2.24) is 0 Å². The molecule has 1 rings (SSSR count). The topological polar surface area (TPSA) is 17.1 Å². The first-order chi connectivity index (χ1) is 6.20. The van der Waals surface area contributed by atoms with Crippen LogP contribution >= 0.6 is 0 Å². The van der Waals surface area contributed by atoms with Crippen LogP contribution in [0.2, 0.25) is 18.1 Å². The zero-order chi connectivity index (χ0) is 9.90. The molecule has 0 aromatic rings. The van der Waals surface area contributed by atoms with E-state index in [2.05, 4.69) is 26.8 Å². The maximum Gasteiger partial charge on any atom is 0.154 e. The minimum atomic E-state index is -1.34. The van der Waals surface area contributed by atoms with Gasteiger partial charge in [0.05, 0.1) is 8.07 Å². The molecule has 0 amide bonds. The molecule has 0 radical (unpaired) electrons. The monoisotopic (exact) mass is 196 g/mol. The van der Waals surface area contributed by atoms with E-state index in [0.29, 0.717) is 5.78 Å². The lowest BCUT2D eigenvalue weighted by Crippen LogP contribution is -2.36. The minimum Gasteiger partial charge on any atom is -0.295 e. The zero-order valence-electron chi connectivity index (χ0n) is 9.02. The molecule has 1 aliphatic rings. The molecule has 2 heteroatoms. The number of carbonyl (C=O) groups is 1.